The third kappa shape index (κ3) is 3.45. The second-order valence-corrected chi connectivity index (χ2v) is 11.7. The smallest absolute Gasteiger partial charge is 0.285 e. The van der Waals surface area contributed by atoms with Crippen LogP contribution in [-0.4, -0.2) is 59.8 Å². The van der Waals surface area contributed by atoms with E-state index in [0.717, 1.165) is 12.3 Å². The van der Waals surface area contributed by atoms with Crippen LogP contribution in [-0.2, 0) is 14.6 Å². The predicted octanol–water partition coefficient (Wildman–Crippen LogP) is 2.35. The summed E-state index contributed by atoms with van der Waals surface area (Å²) in [5, 5.41) is 0.704. The van der Waals surface area contributed by atoms with Gasteiger partial charge in [0.1, 0.15) is 5.75 Å². The molecule has 2 bridgehead atoms. The largest absolute Gasteiger partial charge is 0.484 e. The molecule has 2 saturated carbocycles. The van der Waals surface area contributed by atoms with E-state index in [0.29, 0.717) is 22.9 Å². The number of amides is 1. The number of carbonyl (C=O) groups is 1. The highest BCUT2D eigenvalue weighted by Gasteiger charge is 2.54. The van der Waals surface area contributed by atoms with Crippen LogP contribution < -0.4 is 4.74 Å². The highest BCUT2D eigenvalue weighted by Crippen LogP contribution is 2.51. The molecule has 2 saturated heterocycles. The fourth-order valence-corrected chi connectivity index (χ4v) is 9.32. The zero-order chi connectivity index (χ0) is 19.3. The Hall–Kier alpha value is -1.54. The molecule has 0 aromatic heterocycles. The Kier molecular flexibility index (Phi) is 4.66. The van der Waals surface area contributed by atoms with Gasteiger partial charge in [-0.15, -0.1) is 0 Å². The number of nitrogens with zero attached hydrogens (tertiary/aromatic N) is 2. The van der Waals surface area contributed by atoms with Crippen LogP contribution in [0.15, 0.2) is 35.3 Å². The van der Waals surface area contributed by atoms with E-state index < -0.39 is 9.84 Å². The van der Waals surface area contributed by atoms with E-state index in [1.165, 1.54) is 31.0 Å². The van der Waals surface area contributed by atoms with Gasteiger partial charge in [0.05, 0.1) is 17.5 Å². The summed E-state index contributed by atoms with van der Waals surface area (Å²) in [5.74, 6) is 2.05. The zero-order valence-corrected chi connectivity index (χ0v) is 17.2. The molecule has 8 heteroatoms. The molecule has 4 aliphatic rings. The Labute approximate surface area is 169 Å². The summed E-state index contributed by atoms with van der Waals surface area (Å²) in [6.45, 7) is -0.105. The van der Waals surface area contributed by atoms with Crippen molar-refractivity contribution in [1.29, 1.82) is 0 Å². The standard InChI is InChI=1S/C20H24N2O4S2/c23-19(10-26-15-4-2-1-3-5-15)21-20-22(16-9-13-6-7-14(16)8-13)17-11-28(24,25)12-18(17)27-20/h1-5,13-14,16-18H,6-12H2/t13-,14-,16-,17-,18+/m0/s1. The maximum Gasteiger partial charge on any atom is 0.285 e. The number of amidine groups is 1. The third-order valence-corrected chi connectivity index (χ3v) is 9.71. The van der Waals surface area contributed by atoms with Crippen LogP contribution in [0.3, 0.4) is 0 Å². The normalized spacial score (nSPS) is 36.8. The van der Waals surface area contributed by atoms with E-state index in [-0.39, 0.29) is 35.3 Å². The number of sulfone groups is 1. The number of aliphatic imine (C=N–C) groups is 1. The number of ether oxygens (including phenoxy) is 1. The number of benzene rings is 1. The monoisotopic (exact) mass is 420 g/mol. The van der Waals surface area contributed by atoms with Crippen molar-refractivity contribution in [3.63, 3.8) is 0 Å². The van der Waals surface area contributed by atoms with Crippen molar-refractivity contribution < 1.29 is 17.9 Å². The molecular weight excluding hydrogens is 396 g/mol. The molecule has 0 N–H and O–H groups in total. The lowest BCUT2D eigenvalue weighted by atomic mass is 9.93. The van der Waals surface area contributed by atoms with Gasteiger partial charge >= 0.3 is 0 Å². The van der Waals surface area contributed by atoms with Crippen LogP contribution in [0, 0.1) is 11.8 Å². The summed E-state index contributed by atoms with van der Waals surface area (Å²) in [6.07, 6.45) is 4.82. The topological polar surface area (TPSA) is 76.0 Å². The number of thioether (sulfide) groups is 1. The first-order chi connectivity index (χ1) is 13.5. The van der Waals surface area contributed by atoms with Gasteiger partial charge in [-0.05, 0) is 43.2 Å². The van der Waals surface area contributed by atoms with Crippen molar-refractivity contribution >= 4 is 32.7 Å². The average Bonchev–Trinajstić information content (AvgIpc) is 3.40. The van der Waals surface area contributed by atoms with Crippen LogP contribution in [0.25, 0.3) is 0 Å². The maximum atomic E-state index is 12.5. The van der Waals surface area contributed by atoms with Gasteiger partial charge in [-0.1, -0.05) is 36.4 Å². The van der Waals surface area contributed by atoms with Crippen molar-refractivity contribution in [2.24, 2.45) is 16.8 Å². The molecule has 4 fully saturated rings. The first-order valence-corrected chi connectivity index (χ1v) is 12.6. The number of hydrogen-bond acceptors (Lipinski definition) is 5. The molecule has 2 aliphatic heterocycles. The minimum atomic E-state index is -3.01. The van der Waals surface area contributed by atoms with E-state index in [9.17, 15) is 13.2 Å². The first kappa shape index (κ1) is 18.5. The van der Waals surface area contributed by atoms with Gasteiger partial charge in [0.25, 0.3) is 5.91 Å². The summed E-state index contributed by atoms with van der Waals surface area (Å²) >= 11 is 1.48. The Morgan fingerprint density at radius 3 is 2.68 bits per heavy atom. The van der Waals surface area contributed by atoms with Gasteiger partial charge in [-0.3, -0.25) is 4.79 Å². The molecule has 5 atom stereocenters. The van der Waals surface area contributed by atoms with Crippen molar-refractivity contribution in [3.05, 3.63) is 30.3 Å². The highest BCUT2D eigenvalue weighted by atomic mass is 32.2. The molecule has 1 aromatic rings. The molecule has 150 valence electrons. The molecule has 5 rings (SSSR count). The highest BCUT2D eigenvalue weighted by molar-refractivity contribution is 8.15. The van der Waals surface area contributed by atoms with Crippen molar-refractivity contribution in [2.75, 3.05) is 18.1 Å². The molecular formula is C20H24N2O4S2. The lowest BCUT2D eigenvalue weighted by Gasteiger charge is -2.36. The molecule has 2 aliphatic carbocycles. The predicted molar refractivity (Wildman–Crippen MR) is 109 cm³/mol. The number of rotatable bonds is 4. The summed E-state index contributed by atoms with van der Waals surface area (Å²) < 4.78 is 29.9. The van der Waals surface area contributed by atoms with Gasteiger partial charge in [0.15, 0.2) is 21.6 Å². The van der Waals surface area contributed by atoms with Crippen LogP contribution in [0.2, 0.25) is 0 Å². The second-order valence-electron chi connectivity index (χ2n) is 8.34. The van der Waals surface area contributed by atoms with Crippen molar-refractivity contribution in [2.45, 2.75) is 43.0 Å². The average molecular weight is 421 g/mol. The Morgan fingerprint density at radius 1 is 1.14 bits per heavy atom. The van der Waals surface area contributed by atoms with E-state index in [4.69, 9.17) is 4.74 Å². The first-order valence-electron chi connectivity index (χ1n) is 9.93. The number of para-hydroxylation sites is 1. The van der Waals surface area contributed by atoms with Crippen LogP contribution in [0.1, 0.15) is 25.7 Å². The molecule has 0 radical (unpaired) electrons. The maximum absolute atomic E-state index is 12.5. The van der Waals surface area contributed by atoms with E-state index in [1.807, 2.05) is 30.3 Å². The van der Waals surface area contributed by atoms with Crippen molar-refractivity contribution in [3.8, 4) is 5.75 Å². The van der Waals surface area contributed by atoms with Gasteiger partial charge in [-0.2, -0.15) is 4.99 Å². The fourth-order valence-electron chi connectivity index (χ4n) is 5.33. The SMILES string of the molecule is O=C(COc1ccccc1)N=C1S[C@@H]2CS(=O)(=O)C[C@@H]2N1[C@H]1C[C@H]2CC[C@H]1C2. The van der Waals surface area contributed by atoms with Gasteiger partial charge < -0.3 is 9.64 Å². The fraction of sp³-hybridized carbons (Fsp3) is 0.600. The molecule has 1 amide bonds. The molecule has 28 heavy (non-hydrogen) atoms. The minimum Gasteiger partial charge on any atom is -0.484 e. The molecule has 0 unspecified atom stereocenters. The van der Waals surface area contributed by atoms with Gasteiger partial charge in [-0.25, -0.2) is 8.42 Å². The summed E-state index contributed by atoms with van der Waals surface area (Å²) in [4.78, 5) is 19.1. The summed E-state index contributed by atoms with van der Waals surface area (Å²) in [5.41, 5.74) is 0. The summed E-state index contributed by atoms with van der Waals surface area (Å²) in [7, 11) is -3.01. The molecule has 1 aromatic carbocycles. The number of fused-ring (bicyclic) bond motifs is 3. The Morgan fingerprint density at radius 2 is 1.96 bits per heavy atom. The van der Waals surface area contributed by atoms with Crippen LogP contribution in [0.4, 0.5) is 0 Å². The molecule has 2 heterocycles. The van der Waals surface area contributed by atoms with E-state index in [2.05, 4.69) is 9.89 Å². The van der Waals surface area contributed by atoms with Crippen LogP contribution >= 0.6 is 11.8 Å². The minimum absolute atomic E-state index is 0.00859. The Bertz CT molecular complexity index is 902. The third-order valence-electron chi connectivity index (χ3n) is 6.49. The zero-order valence-electron chi connectivity index (χ0n) is 15.6. The lowest BCUT2D eigenvalue weighted by molar-refractivity contribution is -0.119. The molecule has 0 spiro atoms. The van der Waals surface area contributed by atoms with Gasteiger partial charge in [0.2, 0.25) is 0 Å². The van der Waals surface area contributed by atoms with Crippen LogP contribution in [0.5, 0.6) is 5.75 Å². The second kappa shape index (κ2) is 7.06. The van der Waals surface area contributed by atoms with Gasteiger partial charge in [0, 0.05) is 11.3 Å². The number of hydrogen-bond donors (Lipinski definition) is 0. The van der Waals surface area contributed by atoms with E-state index in [1.54, 1.807) is 0 Å². The van der Waals surface area contributed by atoms with E-state index >= 15 is 0 Å². The quantitative estimate of drug-likeness (QED) is 0.744. The summed E-state index contributed by atoms with van der Waals surface area (Å²) in [6, 6.07) is 9.51. The molecule has 6 nitrogen and oxygen atoms in total. The lowest BCUT2D eigenvalue weighted by Crippen LogP contribution is -2.47. The van der Waals surface area contributed by atoms with Crippen molar-refractivity contribution in [1.82, 2.24) is 4.90 Å². The number of carbonyl (C=O) groups excluding carboxylic acids is 1. The Balaban J connectivity index is 1.35.